The fraction of sp³-hybridized carbons (Fsp3) is 0.556. The van der Waals surface area contributed by atoms with Crippen LogP contribution in [0.4, 0.5) is 14.9 Å². The molecule has 1 aromatic carbocycles. The largest absolute Gasteiger partial charge is 0.338 e. The van der Waals surface area contributed by atoms with Crippen molar-refractivity contribution in [1.82, 2.24) is 15.1 Å². The Balaban J connectivity index is 1.68. The van der Waals surface area contributed by atoms with Crippen LogP contribution in [0, 0.1) is 11.7 Å². The molecule has 2 N–H and O–H groups in total. The molecule has 0 spiro atoms. The monoisotopic (exact) mass is 350 g/mol. The van der Waals surface area contributed by atoms with Gasteiger partial charge in [0.2, 0.25) is 5.91 Å². The zero-order valence-electron chi connectivity index (χ0n) is 14.9. The van der Waals surface area contributed by atoms with E-state index in [-0.39, 0.29) is 24.3 Å². The van der Waals surface area contributed by atoms with Crippen LogP contribution in [-0.4, -0.2) is 61.0 Å². The number of anilines is 1. The normalized spacial score (nSPS) is 15.3. The smallest absolute Gasteiger partial charge is 0.317 e. The molecule has 1 saturated heterocycles. The average molecular weight is 350 g/mol. The van der Waals surface area contributed by atoms with Crippen LogP contribution in [0.5, 0.6) is 0 Å². The highest BCUT2D eigenvalue weighted by molar-refractivity contribution is 5.92. The minimum absolute atomic E-state index is 0.0314. The Kier molecular flexibility index (Phi) is 7.18. The van der Waals surface area contributed by atoms with Gasteiger partial charge in [-0.2, -0.15) is 0 Å². The molecule has 1 aromatic rings. The lowest BCUT2D eigenvalue weighted by molar-refractivity contribution is -0.117. The number of nitrogens with zero attached hydrogens (tertiary/aromatic N) is 2. The summed E-state index contributed by atoms with van der Waals surface area (Å²) in [5.41, 5.74) is 0.578. The van der Waals surface area contributed by atoms with Gasteiger partial charge < -0.3 is 15.5 Å². The highest BCUT2D eigenvalue weighted by atomic mass is 19.1. The van der Waals surface area contributed by atoms with Crippen LogP contribution in [0.25, 0.3) is 0 Å². The zero-order chi connectivity index (χ0) is 18.2. The molecule has 3 amide bonds. The third-order valence-corrected chi connectivity index (χ3v) is 4.15. The van der Waals surface area contributed by atoms with Gasteiger partial charge in [-0.3, -0.25) is 9.69 Å². The van der Waals surface area contributed by atoms with Crippen LogP contribution in [0.2, 0.25) is 0 Å². The summed E-state index contributed by atoms with van der Waals surface area (Å²) in [7, 11) is 0. The number of hydrogen-bond donors (Lipinski definition) is 2. The van der Waals surface area contributed by atoms with E-state index in [0.29, 0.717) is 44.3 Å². The van der Waals surface area contributed by atoms with Gasteiger partial charge in [0.05, 0.1) is 6.54 Å². The van der Waals surface area contributed by atoms with Crippen LogP contribution < -0.4 is 10.6 Å². The van der Waals surface area contributed by atoms with E-state index in [0.717, 1.165) is 6.42 Å². The Morgan fingerprint density at radius 2 is 1.76 bits per heavy atom. The van der Waals surface area contributed by atoms with Crippen molar-refractivity contribution >= 4 is 17.6 Å². The van der Waals surface area contributed by atoms with Crippen LogP contribution in [-0.2, 0) is 4.79 Å². The van der Waals surface area contributed by atoms with Crippen LogP contribution in [0.1, 0.15) is 20.3 Å². The number of carbonyl (C=O) groups is 2. The number of rotatable bonds is 6. The number of amides is 3. The van der Waals surface area contributed by atoms with E-state index in [1.807, 2.05) is 4.90 Å². The van der Waals surface area contributed by atoms with E-state index in [9.17, 15) is 14.0 Å². The number of urea groups is 1. The molecule has 0 bridgehead atoms. The summed E-state index contributed by atoms with van der Waals surface area (Å²) < 4.78 is 12.9. The highest BCUT2D eigenvalue weighted by Gasteiger charge is 2.22. The Morgan fingerprint density at radius 1 is 1.12 bits per heavy atom. The molecular formula is C18H27FN4O2. The van der Waals surface area contributed by atoms with Crippen molar-refractivity contribution in [3.63, 3.8) is 0 Å². The molecule has 1 fully saturated rings. The first-order valence-electron chi connectivity index (χ1n) is 8.74. The molecule has 0 saturated carbocycles. The number of nitrogens with one attached hydrogen (secondary N) is 2. The minimum Gasteiger partial charge on any atom is -0.338 e. The van der Waals surface area contributed by atoms with E-state index in [1.165, 1.54) is 24.3 Å². The van der Waals surface area contributed by atoms with Crippen molar-refractivity contribution in [2.24, 2.45) is 5.92 Å². The highest BCUT2D eigenvalue weighted by Crippen LogP contribution is 2.09. The molecular weight excluding hydrogens is 323 g/mol. The first-order valence-corrected chi connectivity index (χ1v) is 8.74. The Hall–Kier alpha value is -2.15. The molecule has 25 heavy (non-hydrogen) atoms. The molecule has 0 atom stereocenters. The fourth-order valence-electron chi connectivity index (χ4n) is 2.63. The first-order chi connectivity index (χ1) is 11.9. The second kappa shape index (κ2) is 9.36. The second-order valence-electron chi connectivity index (χ2n) is 6.73. The molecule has 6 nitrogen and oxygen atoms in total. The van der Waals surface area contributed by atoms with Crippen molar-refractivity contribution in [2.75, 3.05) is 44.6 Å². The average Bonchev–Trinajstić information content (AvgIpc) is 2.57. The summed E-state index contributed by atoms with van der Waals surface area (Å²) in [6, 6.07) is 5.66. The minimum atomic E-state index is -0.333. The van der Waals surface area contributed by atoms with Gasteiger partial charge in [-0.25, -0.2) is 9.18 Å². The Labute approximate surface area is 148 Å². The predicted molar refractivity (Wildman–Crippen MR) is 95.9 cm³/mol. The fourth-order valence-corrected chi connectivity index (χ4v) is 2.63. The molecule has 1 heterocycles. The second-order valence-corrected chi connectivity index (χ2v) is 6.73. The number of piperazine rings is 1. The van der Waals surface area contributed by atoms with Gasteiger partial charge in [0.15, 0.2) is 0 Å². The molecule has 0 radical (unpaired) electrons. The number of hydrogen-bond acceptors (Lipinski definition) is 3. The van der Waals surface area contributed by atoms with Gasteiger partial charge in [0.25, 0.3) is 0 Å². The van der Waals surface area contributed by atoms with E-state index in [4.69, 9.17) is 0 Å². The maximum absolute atomic E-state index is 12.9. The third-order valence-electron chi connectivity index (χ3n) is 4.15. The molecule has 1 aliphatic heterocycles. The number of carbonyl (C=O) groups excluding carboxylic acids is 2. The summed E-state index contributed by atoms with van der Waals surface area (Å²) in [4.78, 5) is 27.9. The van der Waals surface area contributed by atoms with Crippen molar-refractivity contribution in [3.8, 4) is 0 Å². The SMILES string of the molecule is CC(C)CCNC(=O)N1CCN(CC(=O)Nc2ccc(F)cc2)CC1. The van der Waals surface area contributed by atoms with Gasteiger partial charge in [0, 0.05) is 38.4 Å². The van der Waals surface area contributed by atoms with Gasteiger partial charge >= 0.3 is 6.03 Å². The maximum Gasteiger partial charge on any atom is 0.317 e. The Morgan fingerprint density at radius 3 is 2.36 bits per heavy atom. The van der Waals surface area contributed by atoms with E-state index < -0.39 is 0 Å². The molecule has 7 heteroatoms. The summed E-state index contributed by atoms with van der Waals surface area (Å²) in [5, 5.41) is 5.68. The summed E-state index contributed by atoms with van der Waals surface area (Å²) >= 11 is 0. The summed E-state index contributed by atoms with van der Waals surface area (Å²) in [6.45, 7) is 7.75. The van der Waals surface area contributed by atoms with E-state index >= 15 is 0 Å². The summed E-state index contributed by atoms with van der Waals surface area (Å²) in [6.07, 6.45) is 0.968. The van der Waals surface area contributed by atoms with Gasteiger partial charge in [-0.05, 0) is 36.6 Å². The first kappa shape index (κ1) is 19.2. The lowest BCUT2D eigenvalue weighted by Gasteiger charge is -2.34. The van der Waals surface area contributed by atoms with Crippen LogP contribution in [0.3, 0.4) is 0 Å². The third kappa shape index (κ3) is 6.70. The van der Waals surface area contributed by atoms with Crippen LogP contribution >= 0.6 is 0 Å². The lowest BCUT2D eigenvalue weighted by atomic mass is 10.1. The van der Waals surface area contributed by atoms with Crippen LogP contribution in [0.15, 0.2) is 24.3 Å². The Bertz CT molecular complexity index is 569. The maximum atomic E-state index is 12.9. The van der Waals surface area contributed by atoms with E-state index in [2.05, 4.69) is 24.5 Å². The van der Waals surface area contributed by atoms with Crippen molar-refractivity contribution in [1.29, 1.82) is 0 Å². The lowest BCUT2D eigenvalue weighted by Crippen LogP contribution is -2.53. The number of benzene rings is 1. The number of halogens is 1. The van der Waals surface area contributed by atoms with E-state index in [1.54, 1.807) is 4.90 Å². The molecule has 2 rings (SSSR count). The quantitative estimate of drug-likeness (QED) is 0.826. The summed E-state index contributed by atoms with van der Waals surface area (Å²) in [5.74, 6) is 0.0963. The molecule has 0 aliphatic carbocycles. The molecule has 1 aliphatic rings. The topological polar surface area (TPSA) is 64.7 Å². The molecule has 0 aromatic heterocycles. The van der Waals surface area contributed by atoms with Gasteiger partial charge in [0.1, 0.15) is 5.82 Å². The van der Waals surface area contributed by atoms with Gasteiger partial charge in [-0.15, -0.1) is 0 Å². The molecule has 138 valence electrons. The molecule has 0 unspecified atom stereocenters. The predicted octanol–water partition coefficient (Wildman–Crippen LogP) is 2.14. The van der Waals surface area contributed by atoms with Crippen molar-refractivity contribution in [2.45, 2.75) is 20.3 Å². The van der Waals surface area contributed by atoms with Gasteiger partial charge in [-0.1, -0.05) is 13.8 Å². The zero-order valence-corrected chi connectivity index (χ0v) is 14.9. The standard InChI is InChI=1S/C18H27FN4O2/c1-14(2)7-8-20-18(25)23-11-9-22(10-12-23)13-17(24)21-16-5-3-15(19)4-6-16/h3-6,14H,7-13H2,1-2H3,(H,20,25)(H,21,24). The van der Waals surface area contributed by atoms with Crippen molar-refractivity contribution < 1.29 is 14.0 Å². The van der Waals surface area contributed by atoms with Crippen molar-refractivity contribution in [3.05, 3.63) is 30.1 Å².